The Kier molecular flexibility index (Phi) is 5.27. The number of hydrogen-bond donors (Lipinski definition) is 2. The Morgan fingerprint density at radius 3 is 2.25 bits per heavy atom. The van der Waals surface area contributed by atoms with Crippen LogP contribution in [0.15, 0.2) is 17.0 Å². The molecule has 1 fully saturated rings. The fourth-order valence-corrected chi connectivity index (χ4v) is 5.53. The van der Waals surface area contributed by atoms with Crippen molar-refractivity contribution in [3.05, 3.63) is 22.7 Å². The average molecular weight is 376 g/mol. The monoisotopic (exact) mass is 375 g/mol. The fourth-order valence-electron chi connectivity index (χ4n) is 3.89. The number of nitrogens with one attached hydrogen (secondary N) is 1. The topological polar surface area (TPSA) is 72.0 Å². The second-order valence-electron chi connectivity index (χ2n) is 8.10. The lowest BCUT2D eigenvalue weighted by Crippen LogP contribution is -3.06. The van der Waals surface area contributed by atoms with E-state index in [1.807, 2.05) is 6.92 Å². The minimum atomic E-state index is -3.72. The number of sulfonamides is 1. The standard InChI is InChI=1S/C17H27ClN2O3S/c1-11-7-14(23-6)15(8-13(11)18)24(21,22)19-12-9-16(2,3)20-17(4,5)10-12/h7-8,12,19-20H,9-10H2,1-6H3/p+1. The summed E-state index contributed by atoms with van der Waals surface area (Å²) in [6.07, 6.45) is 1.52. The molecule has 1 heterocycles. The number of benzene rings is 1. The Hall–Kier alpha value is -0.820. The number of piperidine rings is 1. The molecule has 5 nitrogen and oxygen atoms in total. The zero-order chi connectivity index (χ0) is 18.3. The largest absolute Gasteiger partial charge is 0.495 e. The number of rotatable bonds is 4. The van der Waals surface area contributed by atoms with Gasteiger partial charge in [0.05, 0.1) is 18.2 Å². The summed E-state index contributed by atoms with van der Waals surface area (Å²) in [5, 5.41) is 2.72. The molecule has 0 bridgehead atoms. The van der Waals surface area contributed by atoms with Crippen LogP contribution in [0.5, 0.6) is 5.75 Å². The second-order valence-corrected chi connectivity index (χ2v) is 10.2. The maximum absolute atomic E-state index is 12.9. The molecule has 0 aromatic heterocycles. The SMILES string of the molecule is COc1cc(C)c(Cl)cc1S(=O)(=O)NC1CC(C)(C)[NH2+]C(C)(C)C1. The highest BCUT2D eigenvalue weighted by Crippen LogP contribution is 2.31. The number of quaternary nitrogens is 1. The lowest BCUT2D eigenvalue weighted by Gasteiger charge is -2.43. The maximum Gasteiger partial charge on any atom is 0.244 e. The molecule has 7 heteroatoms. The van der Waals surface area contributed by atoms with Crippen LogP contribution in [-0.4, -0.2) is 32.6 Å². The molecule has 0 radical (unpaired) electrons. The molecule has 24 heavy (non-hydrogen) atoms. The first-order valence-electron chi connectivity index (χ1n) is 8.09. The number of hydrogen-bond acceptors (Lipinski definition) is 3. The minimum absolute atomic E-state index is 0.0239. The lowest BCUT2D eigenvalue weighted by atomic mass is 9.80. The Balaban J connectivity index is 2.34. The highest BCUT2D eigenvalue weighted by Gasteiger charge is 2.43. The second kappa shape index (κ2) is 6.48. The summed E-state index contributed by atoms with van der Waals surface area (Å²) in [5.41, 5.74) is 0.732. The maximum atomic E-state index is 12.9. The van der Waals surface area contributed by atoms with E-state index in [1.54, 1.807) is 6.07 Å². The molecule has 0 unspecified atom stereocenters. The summed E-state index contributed by atoms with van der Waals surface area (Å²) < 4.78 is 33.9. The van der Waals surface area contributed by atoms with Gasteiger partial charge in [0.15, 0.2) is 0 Å². The van der Waals surface area contributed by atoms with E-state index in [9.17, 15) is 8.42 Å². The normalized spacial score (nSPS) is 20.8. The Morgan fingerprint density at radius 2 is 1.75 bits per heavy atom. The van der Waals surface area contributed by atoms with Crippen molar-refractivity contribution < 1.29 is 18.5 Å². The first-order valence-corrected chi connectivity index (χ1v) is 9.95. The molecule has 136 valence electrons. The molecule has 1 saturated heterocycles. The van der Waals surface area contributed by atoms with Gasteiger partial charge in [-0.15, -0.1) is 0 Å². The van der Waals surface area contributed by atoms with E-state index in [4.69, 9.17) is 16.3 Å². The van der Waals surface area contributed by atoms with Crippen LogP contribution >= 0.6 is 11.6 Å². The molecule has 0 spiro atoms. The molecule has 2 rings (SSSR count). The van der Waals surface area contributed by atoms with Crippen LogP contribution < -0.4 is 14.8 Å². The molecular weight excluding hydrogens is 348 g/mol. The quantitative estimate of drug-likeness (QED) is 0.847. The first kappa shape index (κ1) is 19.5. The molecular formula is C17H28ClN2O3S+. The van der Waals surface area contributed by atoms with Crippen molar-refractivity contribution in [3.8, 4) is 5.75 Å². The average Bonchev–Trinajstić information content (AvgIpc) is 2.36. The van der Waals surface area contributed by atoms with Crippen LogP contribution in [0.4, 0.5) is 0 Å². The lowest BCUT2D eigenvalue weighted by molar-refractivity contribution is -0.787. The van der Waals surface area contributed by atoms with Gasteiger partial charge in [-0.2, -0.15) is 0 Å². The molecule has 0 saturated carbocycles. The summed E-state index contributed by atoms with van der Waals surface area (Å²) in [7, 11) is -2.25. The van der Waals surface area contributed by atoms with Crippen molar-refractivity contribution in [2.45, 2.75) is 69.5 Å². The van der Waals surface area contributed by atoms with E-state index < -0.39 is 10.0 Å². The summed E-state index contributed by atoms with van der Waals surface area (Å²) in [6, 6.07) is 2.98. The van der Waals surface area contributed by atoms with Gasteiger partial charge >= 0.3 is 0 Å². The molecule has 3 N–H and O–H groups in total. The van der Waals surface area contributed by atoms with E-state index in [2.05, 4.69) is 37.7 Å². The van der Waals surface area contributed by atoms with Gasteiger partial charge in [-0.1, -0.05) is 11.6 Å². The third kappa shape index (κ3) is 4.42. The van der Waals surface area contributed by atoms with Gasteiger partial charge in [0.25, 0.3) is 0 Å². The van der Waals surface area contributed by atoms with Crippen molar-refractivity contribution >= 4 is 21.6 Å². The summed E-state index contributed by atoms with van der Waals surface area (Å²) >= 11 is 6.13. The third-order valence-electron chi connectivity index (χ3n) is 4.38. The van der Waals surface area contributed by atoms with E-state index in [0.717, 1.165) is 18.4 Å². The minimum Gasteiger partial charge on any atom is -0.495 e. The van der Waals surface area contributed by atoms with Gasteiger partial charge in [-0.05, 0) is 52.3 Å². The smallest absolute Gasteiger partial charge is 0.244 e. The molecule has 1 aromatic rings. The van der Waals surface area contributed by atoms with E-state index >= 15 is 0 Å². The zero-order valence-electron chi connectivity index (χ0n) is 15.2. The van der Waals surface area contributed by atoms with Crippen molar-refractivity contribution in [2.75, 3.05) is 7.11 Å². The van der Waals surface area contributed by atoms with Crippen molar-refractivity contribution in [1.82, 2.24) is 4.72 Å². The summed E-state index contributed by atoms with van der Waals surface area (Å²) in [6.45, 7) is 10.4. The van der Waals surface area contributed by atoms with Crippen molar-refractivity contribution in [2.24, 2.45) is 0 Å². The summed E-state index contributed by atoms with van der Waals surface area (Å²) in [4.78, 5) is 0.0887. The number of methoxy groups -OCH3 is 1. The van der Waals surface area contributed by atoms with Crippen LogP contribution in [0.25, 0.3) is 0 Å². The summed E-state index contributed by atoms with van der Waals surface area (Å²) in [5.74, 6) is 0.310. The Bertz CT molecular complexity index is 714. The number of nitrogens with two attached hydrogens (primary N) is 1. The molecule has 1 aliphatic heterocycles. The van der Waals surface area contributed by atoms with Gasteiger partial charge in [0.2, 0.25) is 10.0 Å². The molecule has 0 atom stereocenters. The van der Waals surface area contributed by atoms with Gasteiger partial charge in [0.1, 0.15) is 10.6 Å². The highest BCUT2D eigenvalue weighted by molar-refractivity contribution is 7.89. The Morgan fingerprint density at radius 1 is 1.21 bits per heavy atom. The Labute approximate surface area is 150 Å². The van der Waals surface area contributed by atoms with Gasteiger partial charge in [-0.3, -0.25) is 0 Å². The van der Waals surface area contributed by atoms with Gasteiger partial charge in [0, 0.05) is 23.9 Å². The van der Waals surface area contributed by atoms with Crippen molar-refractivity contribution in [3.63, 3.8) is 0 Å². The predicted molar refractivity (Wildman–Crippen MR) is 96.2 cm³/mol. The number of ether oxygens (including phenoxy) is 1. The van der Waals surface area contributed by atoms with Crippen molar-refractivity contribution in [1.29, 1.82) is 0 Å². The zero-order valence-corrected chi connectivity index (χ0v) is 16.8. The first-order chi connectivity index (χ1) is 10.9. The number of aryl methyl sites for hydroxylation is 1. The fraction of sp³-hybridized carbons (Fsp3) is 0.647. The highest BCUT2D eigenvalue weighted by atomic mass is 35.5. The van der Waals surface area contributed by atoms with Gasteiger partial charge < -0.3 is 10.1 Å². The van der Waals surface area contributed by atoms with Crippen LogP contribution in [-0.2, 0) is 10.0 Å². The van der Waals surface area contributed by atoms with Crippen LogP contribution in [0.1, 0.15) is 46.1 Å². The van der Waals surface area contributed by atoms with E-state index in [1.165, 1.54) is 13.2 Å². The van der Waals surface area contributed by atoms with Crippen LogP contribution in [0.3, 0.4) is 0 Å². The number of halogens is 1. The van der Waals surface area contributed by atoms with Crippen LogP contribution in [0.2, 0.25) is 5.02 Å². The third-order valence-corrected chi connectivity index (χ3v) is 6.33. The molecule has 1 aromatic carbocycles. The molecule has 0 amide bonds. The molecule has 1 aliphatic rings. The van der Waals surface area contributed by atoms with Crippen LogP contribution in [0, 0.1) is 6.92 Å². The van der Waals surface area contributed by atoms with E-state index in [-0.39, 0.29) is 22.0 Å². The van der Waals surface area contributed by atoms with E-state index in [0.29, 0.717) is 10.8 Å². The molecule has 0 aliphatic carbocycles. The predicted octanol–water partition coefficient (Wildman–Crippen LogP) is 2.22. The van der Waals surface area contributed by atoms with Gasteiger partial charge in [-0.25, -0.2) is 13.1 Å².